The molecule has 1 saturated carbocycles. The summed E-state index contributed by atoms with van der Waals surface area (Å²) in [6, 6.07) is 10.3. The maximum absolute atomic E-state index is 12.8. The van der Waals surface area contributed by atoms with E-state index < -0.39 is 0 Å². The van der Waals surface area contributed by atoms with Gasteiger partial charge in [0.2, 0.25) is 5.78 Å². The Labute approximate surface area is 175 Å². The maximum Gasteiger partial charge on any atom is 0.314 e. The second kappa shape index (κ2) is 8.61. The molecule has 6 nitrogen and oxygen atoms in total. The largest absolute Gasteiger partial charge is 0.493 e. The smallest absolute Gasteiger partial charge is 0.314 e. The third-order valence-electron chi connectivity index (χ3n) is 5.52. The molecule has 2 aromatic rings. The Morgan fingerprint density at radius 3 is 2.60 bits per heavy atom. The van der Waals surface area contributed by atoms with Crippen LogP contribution in [0, 0.1) is 5.92 Å². The summed E-state index contributed by atoms with van der Waals surface area (Å²) in [6.07, 6.45) is 6.65. The van der Waals surface area contributed by atoms with Crippen LogP contribution in [0.3, 0.4) is 0 Å². The van der Waals surface area contributed by atoms with Gasteiger partial charge in [-0.15, -0.1) is 0 Å². The average molecular weight is 408 g/mol. The van der Waals surface area contributed by atoms with Crippen molar-refractivity contribution in [1.29, 1.82) is 0 Å². The normalized spacial score (nSPS) is 17.4. The predicted octanol–water partition coefficient (Wildman–Crippen LogP) is 4.81. The number of esters is 1. The minimum absolute atomic E-state index is 0.0504. The minimum Gasteiger partial charge on any atom is -0.493 e. The molecule has 156 valence electrons. The minimum atomic E-state index is -0.236. The highest BCUT2D eigenvalue weighted by Gasteiger charge is 2.29. The monoisotopic (exact) mass is 408 g/mol. The molecule has 2 aliphatic rings. The number of carbonyl (C=O) groups excluding carboxylic acids is 2. The van der Waals surface area contributed by atoms with Crippen LogP contribution in [0.15, 0.2) is 42.2 Å². The van der Waals surface area contributed by atoms with E-state index in [2.05, 4.69) is 0 Å². The molecule has 0 N–H and O–H groups in total. The van der Waals surface area contributed by atoms with Gasteiger partial charge in [0.25, 0.3) is 0 Å². The summed E-state index contributed by atoms with van der Waals surface area (Å²) in [6.45, 7) is 0. The van der Waals surface area contributed by atoms with Gasteiger partial charge in [-0.2, -0.15) is 0 Å². The van der Waals surface area contributed by atoms with Gasteiger partial charge in [-0.3, -0.25) is 9.59 Å². The molecule has 0 saturated heterocycles. The number of hydrogen-bond donors (Lipinski definition) is 0. The summed E-state index contributed by atoms with van der Waals surface area (Å²) in [4.78, 5) is 25.2. The van der Waals surface area contributed by atoms with Crippen LogP contribution < -0.4 is 18.9 Å². The topological polar surface area (TPSA) is 71.1 Å². The van der Waals surface area contributed by atoms with Crippen LogP contribution in [0.25, 0.3) is 6.08 Å². The van der Waals surface area contributed by atoms with Crippen LogP contribution in [0.5, 0.6) is 23.0 Å². The fourth-order valence-electron chi connectivity index (χ4n) is 3.94. The predicted molar refractivity (Wildman–Crippen MR) is 111 cm³/mol. The second-order valence-electron chi connectivity index (χ2n) is 7.44. The van der Waals surface area contributed by atoms with E-state index in [1.54, 1.807) is 44.6 Å². The summed E-state index contributed by atoms with van der Waals surface area (Å²) < 4.78 is 22.1. The number of methoxy groups -OCH3 is 2. The van der Waals surface area contributed by atoms with Gasteiger partial charge in [0.05, 0.1) is 25.7 Å². The quantitative estimate of drug-likeness (QED) is 0.402. The molecule has 0 unspecified atom stereocenters. The number of benzene rings is 2. The maximum atomic E-state index is 12.8. The van der Waals surface area contributed by atoms with Gasteiger partial charge < -0.3 is 18.9 Å². The van der Waals surface area contributed by atoms with Crippen LogP contribution in [-0.4, -0.2) is 26.0 Å². The van der Waals surface area contributed by atoms with Crippen molar-refractivity contribution in [3.8, 4) is 23.0 Å². The van der Waals surface area contributed by atoms with Gasteiger partial charge in [-0.05, 0) is 37.1 Å². The Bertz CT molecular complexity index is 1000. The first-order chi connectivity index (χ1) is 14.6. The summed E-state index contributed by atoms with van der Waals surface area (Å²) >= 11 is 0. The van der Waals surface area contributed by atoms with Crippen LogP contribution >= 0.6 is 0 Å². The molecule has 0 radical (unpaired) electrons. The highest BCUT2D eigenvalue weighted by Crippen LogP contribution is 2.38. The molecule has 0 aromatic heterocycles. The first-order valence-electron chi connectivity index (χ1n) is 10.1. The van der Waals surface area contributed by atoms with Crippen LogP contribution in [0.1, 0.15) is 48.0 Å². The lowest BCUT2D eigenvalue weighted by Gasteiger charge is -2.19. The van der Waals surface area contributed by atoms with Gasteiger partial charge in [0.15, 0.2) is 17.3 Å². The van der Waals surface area contributed by atoms with Crippen molar-refractivity contribution in [2.45, 2.75) is 32.1 Å². The molecule has 2 aromatic carbocycles. The van der Waals surface area contributed by atoms with Crippen molar-refractivity contribution < 1.29 is 28.5 Å². The number of Topliss-reactive ketones (excluding diaryl/α,β-unsaturated/α-hetero) is 1. The van der Waals surface area contributed by atoms with Gasteiger partial charge >= 0.3 is 5.97 Å². The molecule has 1 heterocycles. The zero-order chi connectivity index (χ0) is 21.1. The highest BCUT2D eigenvalue weighted by molar-refractivity contribution is 6.14. The first kappa shape index (κ1) is 20.0. The molecule has 0 atom stereocenters. The lowest BCUT2D eigenvalue weighted by molar-refractivity contribution is -0.139. The number of carbonyl (C=O) groups is 2. The highest BCUT2D eigenvalue weighted by atomic mass is 16.5. The Balaban J connectivity index is 1.55. The average Bonchev–Trinajstić information content (AvgIpc) is 3.08. The van der Waals surface area contributed by atoms with E-state index in [4.69, 9.17) is 18.9 Å². The number of hydrogen-bond acceptors (Lipinski definition) is 6. The van der Waals surface area contributed by atoms with E-state index >= 15 is 0 Å². The molecule has 0 bridgehead atoms. The summed E-state index contributed by atoms with van der Waals surface area (Å²) in [5.41, 5.74) is 1.09. The molecule has 30 heavy (non-hydrogen) atoms. The van der Waals surface area contributed by atoms with Gasteiger partial charge in [-0.25, -0.2) is 0 Å². The van der Waals surface area contributed by atoms with Gasteiger partial charge in [0, 0.05) is 11.6 Å². The lowest BCUT2D eigenvalue weighted by Crippen LogP contribution is -2.22. The molecule has 1 fully saturated rings. The van der Waals surface area contributed by atoms with Crippen LogP contribution in [0.4, 0.5) is 0 Å². The molecule has 1 aliphatic carbocycles. The Kier molecular flexibility index (Phi) is 5.74. The van der Waals surface area contributed by atoms with E-state index in [0.717, 1.165) is 25.7 Å². The second-order valence-corrected chi connectivity index (χ2v) is 7.44. The SMILES string of the molecule is COc1cccc(/C=C2\Oc3cc(OC(=O)C4CCCCC4)ccc3C2=O)c1OC. The van der Waals surface area contributed by atoms with Crippen LogP contribution in [0.2, 0.25) is 0 Å². The van der Waals surface area contributed by atoms with Crippen molar-refractivity contribution >= 4 is 17.8 Å². The number of para-hydroxylation sites is 1. The van der Waals surface area contributed by atoms with Crippen molar-refractivity contribution in [2.75, 3.05) is 14.2 Å². The number of ether oxygens (including phenoxy) is 4. The molecular formula is C24H24O6. The van der Waals surface area contributed by atoms with E-state index in [0.29, 0.717) is 34.1 Å². The van der Waals surface area contributed by atoms with Crippen LogP contribution in [-0.2, 0) is 4.79 Å². The molecule has 0 amide bonds. The van der Waals surface area contributed by atoms with E-state index in [1.807, 2.05) is 12.1 Å². The summed E-state index contributed by atoms with van der Waals surface area (Å²) in [7, 11) is 3.09. The Morgan fingerprint density at radius 2 is 1.87 bits per heavy atom. The Morgan fingerprint density at radius 1 is 1.07 bits per heavy atom. The van der Waals surface area contributed by atoms with E-state index in [9.17, 15) is 9.59 Å². The zero-order valence-electron chi connectivity index (χ0n) is 17.1. The standard InChI is InChI=1S/C24H24O6/c1-27-19-10-6-9-16(23(19)28-2)13-21-22(25)18-12-11-17(14-20(18)30-21)29-24(26)15-7-4-3-5-8-15/h6,9-15H,3-5,7-8H2,1-2H3/b21-13-. The third kappa shape index (κ3) is 3.90. The van der Waals surface area contributed by atoms with Crippen molar-refractivity contribution in [3.05, 3.63) is 53.3 Å². The summed E-state index contributed by atoms with van der Waals surface area (Å²) in [5.74, 6) is 1.52. The fraction of sp³-hybridized carbons (Fsp3) is 0.333. The lowest BCUT2D eigenvalue weighted by atomic mass is 9.89. The van der Waals surface area contributed by atoms with E-state index in [-0.39, 0.29) is 23.4 Å². The Hall–Kier alpha value is -3.28. The van der Waals surface area contributed by atoms with Gasteiger partial charge in [0.1, 0.15) is 11.5 Å². The van der Waals surface area contributed by atoms with E-state index in [1.165, 1.54) is 6.42 Å². The molecule has 0 spiro atoms. The van der Waals surface area contributed by atoms with Gasteiger partial charge in [-0.1, -0.05) is 31.4 Å². The number of ketones is 1. The summed E-state index contributed by atoms with van der Waals surface area (Å²) in [5, 5.41) is 0. The number of rotatable bonds is 5. The molecular weight excluding hydrogens is 384 g/mol. The molecule has 4 rings (SSSR count). The molecule has 1 aliphatic heterocycles. The number of fused-ring (bicyclic) bond motifs is 1. The van der Waals surface area contributed by atoms with Crippen molar-refractivity contribution in [2.24, 2.45) is 5.92 Å². The fourth-order valence-corrected chi connectivity index (χ4v) is 3.94. The molecule has 6 heteroatoms. The first-order valence-corrected chi connectivity index (χ1v) is 10.1. The zero-order valence-corrected chi connectivity index (χ0v) is 17.1. The van der Waals surface area contributed by atoms with Crippen molar-refractivity contribution in [1.82, 2.24) is 0 Å². The third-order valence-corrected chi connectivity index (χ3v) is 5.52. The van der Waals surface area contributed by atoms with Crippen molar-refractivity contribution in [3.63, 3.8) is 0 Å². The number of allylic oxidation sites excluding steroid dienone is 1.